The van der Waals surface area contributed by atoms with Gasteiger partial charge in [-0.25, -0.2) is 14.6 Å². The van der Waals surface area contributed by atoms with Gasteiger partial charge in [-0.2, -0.15) is 5.26 Å². The van der Waals surface area contributed by atoms with Crippen molar-refractivity contribution in [1.29, 1.82) is 5.26 Å². The molecular weight excluding hydrogens is 284 g/mol. The van der Waals surface area contributed by atoms with Crippen LogP contribution in [-0.4, -0.2) is 46.1 Å². The van der Waals surface area contributed by atoms with Crippen LogP contribution in [0.3, 0.4) is 0 Å². The van der Waals surface area contributed by atoms with E-state index < -0.39 is 11.7 Å². The predicted molar refractivity (Wildman–Crippen MR) is 79.0 cm³/mol. The molecule has 0 spiro atoms. The van der Waals surface area contributed by atoms with Crippen LogP contribution in [-0.2, 0) is 0 Å². The Labute approximate surface area is 127 Å². The minimum atomic E-state index is -0.510. The molecule has 1 aromatic rings. The third-order valence-corrected chi connectivity index (χ3v) is 4.19. The molecule has 8 nitrogen and oxygen atoms in total. The van der Waals surface area contributed by atoms with Crippen LogP contribution in [0.4, 0.5) is 10.6 Å². The summed E-state index contributed by atoms with van der Waals surface area (Å²) in [6, 6.07) is 3.78. The molecular formula is C14H18N6O2. The number of rotatable bonds is 3. The predicted octanol–water partition coefficient (Wildman–Crippen LogP) is 0.0315. The summed E-state index contributed by atoms with van der Waals surface area (Å²) < 4.78 is 0. The first-order chi connectivity index (χ1) is 10.6. The summed E-state index contributed by atoms with van der Waals surface area (Å²) in [6.07, 6.45) is 4.20. The maximum absolute atomic E-state index is 11.5. The van der Waals surface area contributed by atoms with E-state index >= 15 is 0 Å². The Morgan fingerprint density at radius 1 is 1.45 bits per heavy atom. The third kappa shape index (κ3) is 2.88. The van der Waals surface area contributed by atoms with Crippen molar-refractivity contribution in [2.45, 2.75) is 31.3 Å². The number of urea groups is 1. The summed E-state index contributed by atoms with van der Waals surface area (Å²) in [5.74, 6) is 0.441. The number of carbonyl (C=O) groups is 1. The number of primary amides is 1. The summed E-state index contributed by atoms with van der Waals surface area (Å²) in [7, 11) is 0. The summed E-state index contributed by atoms with van der Waals surface area (Å²) in [5.41, 5.74) is 4.99. The maximum Gasteiger partial charge on any atom is 0.346 e. The van der Waals surface area contributed by atoms with E-state index in [0.29, 0.717) is 31.4 Å². The average Bonchev–Trinajstić information content (AvgIpc) is 3.32. The highest BCUT2D eigenvalue weighted by Crippen LogP contribution is 2.35. The number of hydrogen-bond donors (Lipinski definition) is 2. The van der Waals surface area contributed by atoms with Gasteiger partial charge in [0.2, 0.25) is 0 Å². The number of nitriles is 1. The minimum absolute atomic E-state index is 0.0311. The molecule has 22 heavy (non-hydrogen) atoms. The quantitative estimate of drug-likeness (QED) is 0.816. The third-order valence-electron chi connectivity index (χ3n) is 4.19. The number of amides is 2. The standard InChI is InChI=1S/C14H18N6O2/c15-6-9-5-11(8-19(7-9)13(16)21)20(10-1-2-10)12-3-4-17-14(22)18-12/h3-4,9-11H,1-2,5,7-8H2,(H2,16,21)(H,17,18,22). The Hall–Kier alpha value is -2.56. The van der Waals surface area contributed by atoms with Crippen molar-refractivity contribution >= 4 is 11.8 Å². The second-order valence-electron chi connectivity index (χ2n) is 5.86. The van der Waals surface area contributed by atoms with Crippen LogP contribution < -0.4 is 16.3 Å². The Morgan fingerprint density at radius 3 is 2.82 bits per heavy atom. The molecule has 2 aliphatic rings. The number of H-pyrrole nitrogens is 1. The van der Waals surface area contributed by atoms with Crippen LogP contribution in [0.1, 0.15) is 19.3 Å². The molecule has 2 amide bonds. The Kier molecular flexibility index (Phi) is 3.71. The molecule has 1 aromatic heterocycles. The molecule has 2 fully saturated rings. The number of anilines is 1. The first kappa shape index (κ1) is 14.4. The van der Waals surface area contributed by atoms with Crippen LogP contribution in [0.25, 0.3) is 0 Å². The van der Waals surface area contributed by atoms with Crippen molar-refractivity contribution in [3.63, 3.8) is 0 Å². The maximum atomic E-state index is 11.5. The largest absolute Gasteiger partial charge is 0.351 e. The number of nitrogens with zero attached hydrogens (tertiary/aromatic N) is 4. The highest BCUT2D eigenvalue weighted by atomic mass is 16.2. The molecule has 2 heterocycles. The summed E-state index contributed by atoms with van der Waals surface area (Å²) >= 11 is 0. The molecule has 3 N–H and O–H groups in total. The van der Waals surface area contributed by atoms with E-state index in [-0.39, 0.29) is 12.0 Å². The molecule has 0 aromatic carbocycles. The zero-order valence-electron chi connectivity index (χ0n) is 12.1. The smallest absolute Gasteiger partial charge is 0.346 e. The van der Waals surface area contributed by atoms with Gasteiger partial charge in [-0.3, -0.25) is 4.98 Å². The van der Waals surface area contributed by atoms with Gasteiger partial charge in [0.25, 0.3) is 0 Å². The summed E-state index contributed by atoms with van der Waals surface area (Å²) in [5, 5.41) is 9.24. The fourth-order valence-corrected chi connectivity index (χ4v) is 3.10. The van der Waals surface area contributed by atoms with E-state index in [2.05, 4.69) is 20.9 Å². The molecule has 0 radical (unpaired) electrons. The van der Waals surface area contributed by atoms with Crippen molar-refractivity contribution < 1.29 is 4.79 Å². The SMILES string of the molecule is N#CC1CC(N(c2ccnc(=O)[nH]2)C2CC2)CN(C(N)=O)C1. The van der Waals surface area contributed by atoms with E-state index in [9.17, 15) is 14.9 Å². The molecule has 1 saturated carbocycles. The molecule has 1 aliphatic heterocycles. The zero-order chi connectivity index (χ0) is 15.7. The highest BCUT2D eigenvalue weighted by Gasteiger charge is 2.39. The van der Waals surface area contributed by atoms with Gasteiger partial charge in [-0.15, -0.1) is 0 Å². The van der Waals surface area contributed by atoms with Crippen LogP contribution in [0.15, 0.2) is 17.1 Å². The van der Waals surface area contributed by atoms with Gasteiger partial charge in [0.05, 0.1) is 12.0 Å². The number of nitrogens with two attached hydrogens (primary N) is 1. The number of carbonyl (C=O) groups excluding carboxylic acids is 1. The van der Waals surface area contributed by atoms with Gasteiger partial charge < -0.3 is 15.5 Å². The Morgan fingerprint density at radius 2 is 2.23 bits per heavy atom. The molecule has 2 atom stereocenters. The number of hydrogen-bond acceptors (Lipinski definition) is 5. The van der Waals surface area contributed by atoms with E-state index in [1.807, 2.05) is 0 Å². The molecule has 1 aliphatic carbocycles. The normalized spacial score (nSPS) is 24.6. The molecule has 2 unspecified atom stereocenters. The topological polar surface area (TPSA) is 119 Å². The lowest BCUT2D eigenvalue weighted by Crippen LogP contribution is -2.55. The molecule has 1 saturated heterocycles. The van der Waals surface area contributed by atoms with Crippen LogP contribution in [0, 0.1) is 17.2 Å². The second kappa shape index (κ2) is 5.67. The molecule has 0 bridgehead atoms. The lowest BCUT2D eigenvalue weighted by molar-refractivity contribution is 0.174. The number of likely N-dealkylation sites (tertiary alicyclic amines) is 1. The van der Waals surface area contributed by atoms with Crippen molar-refractivity contribution in [2.24, 2.45) is 11.7 Å². The van der Waals surface area contributed by atoms with Gasteiger partial charge in [0, 0.05) is 31.4 Å². The number of nitrogens with one attached hydrogen (secondary N) is 1. The Balaban J connectivity index is 1.89. The number of aromatic nitrogens is 2. The number of aromatic amines is 1. The molecule has 3 rings (SSSR count). The summed E-state index contributed by atoms with van der Waals surface area (Å²) in [6.45, 7) is 0.835. The van der Waals surface area contributed by atoms with Crippen LogP contribution >= 0.6 is 0 Å². The highest BCUT2D eigenvalue weighted by molar-refractivity contribution is 5.72. The fourth-order valence-electron chi connectivity index (χ4n) is 3.10. The van der Waals surface area contributed by atoms with Crippen molar-refractivity contribution in [3.05, 3.63) is 22.7 Å². The van der Waals surface area contributed by atoms with E-state index in [4.69, 9.17) is 5.73 Å². The molecule has 8 heteroatoms. The second-order valence-corrected chi connectivity index (χ2v) is 5.86. The Bertz CT molecular complexity index is 662. The van der Waals surface area contributed by atoms with Crippen LogP contribution in [0.2, 0.25) is 0 Å². The fraction of sp³-hybridized carbons (Fsp3) is 0.571. The van der Waals surface area contributed by atoms with Gasteiger partial charge in [0.1, 0.15) is 5.82 Å². The van der Waals surface area contributed by atoms with Gasteiger partial charge in [-0.1, -0.05) is 0 Å². The van der Waals surface area contributed by atoms with Crippen molar-refractivity contribution in [3.8, 4) is 6.07 Å². The van der Waals surface area contributed by atoms with Crippen molar-refractivity contribution in [1.82, 2.24) is 14.9 Å². The van der Waals surface area contributed by atoms with Gasteiger partial charge in [0.15, 0.2) is 0 Å². The number of piperidine rings is 1. The lowest BCUT2D eigenvalue weighted by Gasteiger charge is -2.41. The first-order valence-electron chi connectivity index (χ1n) is 7.36. The van der Waals surface area contributed by atoms with Gasteiger partial charge >= 0.3 is 11.7 Å². The van der Waals surface area contributed by atoms with Crippen molar-refractivity contribution in [2.75, 3.05) is 18.0 Å². The first-order valence-corrected chi connectivity index (χ1v) is 7.36. The van der Waals surface area contributed by atoms with E-state index in [1.165, 1.54) is 11.1 Å². The monoisotopic (exact) mass is 302 g/mol. The lowest BCUT2D eigenvalue weighted by atomic mass is 9.94. The molecule has 116 valence electrons. The van der Waals surface area contributed by atoms with Crippen LogP contribution in [0.5, 0.6) is 0 Å². The van der Waals surface area contributed by atoms with E-state index in [1.54, 1.807) is 6.07 Å². The summed E-state index contributed by atoms with van der Waals surface area (Å²) in [4.78, 5) is 33.0. The van der Waals surface area contributed by atoms with Gasteiger partial charge in [-0.05, 0) is 25.3 Å². The van der Waals surface area contributed by atoms with E-state index in [0.717, 1.165) is 12.8 Å². The average molecular weight is 302 g/mol. The minimum Gasteiger partial charge on any atom is -0.351 e. The zero-order valence-corrected chi connectivity index (χ0v) is 12.1.